The molecule has 1 atom stereocenters. The van der Waals surface area contributed by atoms with E-state index in [1.807, 2.05) is 54.0 Å². The topological polar surface area (TPSA) is 62.3 Å². The van der Waals surface area contributed by atoms with Gasteiger partial charge in [-0.15, -0.1) is 0 Å². The van der Waals surface area contributed by atoms with Crippen LogP contribution < -0.4 is 4.74 Å². The van der Waals surface area contributed by atoms with E-state index in [9.17, 15) is 9.59 Å². The molecule has 7 nitrogen and oxygen atoms in total. The highest BCUT2D eigenvalue weighted by Gasteiger charge is 2.56. The Labute approximate surface area is 166 Å². The van der Waals surface area contributed by atoms with E-state index in [0.29, 0.717) is 45.1 Å². The third-order valence-electron chi connectivity index (χ3n) is 5.99. The number of amides is 2. The molecule has 1 aromatic rings. The lowest BCUT2D eigenvalue weighted by atomic mass is 9.82. The molecule has 0 radical (unpaired) electrons. The van der Waals surface area contributed by atoms with E-state index in [0.717, 1.165) is 6.54 Å². The number of rotatable bonds is 4. The molecule has 0 unspecified atom stereocenters. The first kappa shape index (κ1) is 19.2. The van der Waals surface area contributed by atoms with E-state index >= 15 is 0 Å². The molecule has 3 aliphatic heterocycles. The van der Waals surface area contributed by atoms with E-state index in [4.69, 9.17) is 9.47 Å². The van der Waals surface area contributed by atoms with Gasteiger partial charge in [0, 0.05) is 38.6 Å². The van der Waals surface area contributed by atoms with Gasteiger partial charge in [0.1, 0.15) is 5.75 Å². The number of likely N-dealkylation sites (tertiary alicyclic amines) is 1. The van der Waals surface area contributed by atoms with Crippen LogP contribution in [-0.2, 0) is 14.3 Å². The summed E-state index contributed by atoms with van der Waals surface area (Å²) in [5, 5.41) is 0. The van der Waals surface area contributed by atoms with E-state index < -0.39 is 0 Å². The Kier molecular flexibility index (Phi) is 5.29. The molecule has 7 heteroatoms. The van der Waals surface area contributed by atoms with Crippen molar-refractivity contribution in [2.24, 2.45) is 5.92 Å². The molecule has 3 saturated heterocycles. The summed E-state index contributed by atoms with van der Waals surface area (Å²) in [6, 6.07) is 9.60. The van der Waals surface area contributed by atoms with E-state index in [1.165, 1.54) is 0 Å². The summed E-state index contributed by atoms with van der Waals surface area (Å²) >= 11 is 0. The summed E-state index contributed by atoms with van der Waals surface area (Å²) in [7, 11) is 0. The minimum Gasteiger partial charge on any atom is -0.484 e. The second-order valence-corrected chi connectivity index (χ2v) is 8.37. The SMILES string of the molecule is CC(C)C(=O)N1C[C@@H]2COCCN2C2(CN(C(=O)COc3ccccc3)C2)C1. The number of piperazine rings is 1. The van der Waals surface area contributed by atoms with Crippen molar-refractivity contribution < 1.29 is 19.1 Å². The van der Waals surface area contributed by atoms with Gasteiger partial charge in [0.2, 0.25) is 5.91 Å². The molecule has 2 amide bonds. The molecular formula is C21H29N3O4. The summed E-state index contributed by atoms with van der Waals surface area (Å²) in [5.74, 6) is 0.851. The maximum absolute atomic E-state index is 12.6. The Morgan fingerprint density at radius 2 is 1.89 bits per heavy atom. The largest absolute Gasteiger partial charge is 0.484 e. The highest BCUT2D eigenvalue weighted by Crippen LogP contribution is 2.36. The summed E-state index contributed by atoms with van der Waals surface area (Å²) < 4.78 is 11.3. The monoisotopic (exact) mass is 387 g/mol. The number of hydrogen-bond donors (Lipinski definition) is 0. The van der Waals surface area contributed by atoms with Gasteiger partial charge < -0.3 is 19.3 Å². The molecule has 0 N–H and O–H groups in total. The number of morpholine rings is 1. The Bertz CT molecular complexity index is 718. The smallest absolute Gasteiger partial charge is 0.260 e. The number of para-hydroxylation sites is 1. The molecule has 0 bridgehead atoms. The maximum atomic E-state index is 12.6. The second kappa shape index (κ2) is 7.72. The summed E-state index contributed by atoms with van der Waals surface area (Å²) in [4.78, 5) is 31.5. The van der Waals surface area contributed by atoms with Crippen LogP contribution in [0.25, 0.3) is 0 Å². The van der Waals surface area contributed by atoms with Gasteiger partial charge >= 0.3 is 0 Å². The van der Waals surface area contributed by atoms with Crippen molar-refractivity contribution in [1.82, 2.24) is 14.7 Å². The van der Waals surface area contributed by atoms with Crippen molar-refractivity contribution in [3.05, 3.63) is 30.3 Å². The van der Waals surface area contributed by atoms with Crippen LogP contribution in [0.1, 0.15) is 13.8 Å². The van der Waals surface area contributed by atoms with Crippen molar-refractivity contribution in [3.8, 4) is 5.75 Å². The Balaban J connectivity index is 1.40. The van der Waals surface area contributed by atoms with Crippen molar-refractivity contribution in [2.75, 3.05) is 52.5 Å². The van der Waals surface area contributed by atoms with Gasteiger partial charge in [-0.3, -0.25) is 14.5 Å². The number of carbonyl (C=O) groups excluding carboxylic acids is 2. The Morgan fingerprint density at radius 3 is 2.61 bits per heavy atom. The molecule has 0 aromatic heterocycles. The number of ether oxygens (including phenoxy) is 2. The summed E-state index contributed by atoms with van der Waals surface area (Å²) in [6.45, 7) is 8.82. The standard InChI is InChI=1S/C21H29N3O4/c1-16(2)20(26)22-10-17-11-27-9-8-24(17)21(13-22)14-23(15-21)19(25)12-28-18-6-4-3-5-7-18/h3-7,16-17H,8-15H2,1-2H3/t17-/m1/s1. The maximum Gasteiger partial charge on any atom is 0.260 e. The molecule has 1 aromatic carbocycles. The summed E-state index contributed by atoms with van der Waals surface area (Å²) in [5.41, 5.74) is -0.153. The molecule has 152 valence electrons. The number of fused-ring (bicyclic) bond motifs is 2. The van der Waals surface area contributed by atoms with Gasteiger partial charge in [-0.1, -0.05) is 32.0 Å². The first-order chi connectivity index (χ1) is 13.5. The zero-order chi connectivity index (χ0) is 19.7. The van der Waals surface area contributed by atoms with E-state index in [-0.39, 0.29) is 35.9 Å². The molecule has 1 spiro atoms. The lowest BCUT2D eigenvalue weighted by Crippen LogP contribution is -2.81. The van der Waals surface area contributed by atoms with E-state index in [2.05, 4.69) is 4.90 Å². The number of benzene rings is 1. The van der Waals surface area contributed by atoms with E-state index in [1.54, 1.807) is 0 Å². The lowest BCUT2D eigenvalue weighted by Gasteiger charge is -2.63. The van der Waals surface area contributed by atoms with Crippen LogP contribution in [0.4, 0.5) is 0 Å². The van der Waals surface area contributed by atoms with Gasteiger partial charge in [0.15, 0.2) is 6.61 Å². The highest BCUT2D eigenvalue weighted by molar-refractivity contribution is 5.80. The van der Waals surface area contributed by atoms with Crippen LogP contribution in [-0.4, -0.2) is 90.6 Å². The molecule has 0 saturated carbocycles. The zero-order valence-corrected chi connectivity index (χ0v) is 16.7. The lowest BCUT2D eigenvalue weighted by molar-refractivity contribution is -0.183. The van der Waals surface area contributed by atoms with Gasteiger partial charge in [0.05, 0.1) is 24.8 Å². The predicted octanol–water partition coefficient (Wildman–Crippen LogP) is 0.845. The average molecular weight is 387 g/mol. The number of nitrogens with zero attached hydrogens (tertiary/aromatic N) is 3. The average Bonchev–Trinajstić information content (AvgIpc) is 2.69. The fourth-order valence-electron chi connectivity index (χ4n) is 4.60. The molecular weight excluding hydrogens is 358 g/mol. The molecule has 0 aliphatic carbocycles. The molecule has 3 aliphatic rings. The third-order valence-corrected chi connectivity index (χ3v) is 5.99. The van der Waals surface area contributed by atoms with Gasteiger partial charge in [0.25, 0.3) is 5.91 Å². The van der Waals surface area contributed by atoms with Crippen LogP contribution in [0.2, 0.25) is 0 Å². The minimum absolute atomic E-state index is 0.00778. The van der Waals surface area contributed by atoms with Crippen LogP contribution >= 0.6 is 0 Å². The van der Waals surface area contributed by atoms with Crippen LogP contribution in [0.15, 0.2) is 30.3 Å². The quantitative estimate of drug-likeness (QED) is 0.766. The molecule has 3 fully saturated rings. The molecule has 28 heavy (non-hydrogen) atoms. The fourth-order valence-corrected chi connectivity index (χ4v) is 4.60. The van der Waals surface area contributed by atoms with Gasteiger partial charge in [-0.05, 0) is 12.1 Å². The number of carbonyl (C=O) groups is 2. The van der Waals surface area contributed by atoms with Crippen molar-refractivity contribution in [3.63, 3.8) is 0 Å². The first-order valence-electron chi connectivity index (χ1n) is 10.1. The summed E-state index contributed by atoms with van der Waals surface area (Å²) in [6.07, 6.45) is 0. The molecule has 4 rings (SSSR count). The normalized spacial score (nSPS) is 24.0. The van der Waals surface area contributed by atoms with Crippen LogP contribution in [0.5, 0.6) is 5.75 Å². The van der Waals surface area contributed by atoms with Crippen molar-refractivity contribution >= 4 is 11.8 Å². The van der Waals surface area contributed by atoms with Gasteiger partial charge in [-0.2, -0.15) is 0 Å². The Hall–Kier alpha value is -2.12. The Morgan fingerprint density at radius 1 is 1.18 bits per heavy atom. The molecule has 3 heterocycles. The van der Waals surface area contributed by atoms with Crippen LogP contribution in [0, 0.1) is 5.92 Å². The van der Waals surface area contributed by atoms with Gasteiger partial charge in [-0.25, -0.2) is 0 Å². The zero-order valence-electron chi connectivity index (χ0n) is 16.7. The minimum atomic E-state index is -0.153. The number of hydrogen-bond acceptors (Lipinski definition) is 5. The third kappa shape index (κ3) is 3.61. The second-order valence-electron chi connectivity index (χ2n) is 8.37. The highest BCUT2D eigenvalue weighted by atomic mass is 16.5. The van der Waals surface area contributed by atoms with Crippen molar-refractivity contribution in [2.45, 2.75) is 25.4 Å². The first-order valence-corrected chi connectivity index (χ1v) is 10.1. The van der Waals surface area contributed by atoms with Crippen molar-refractivity contribution in [1.29, 1.82) is 0 Å². The predicted molar refractivity (Wildman–Crippen MR) is 104 cm³/mol. The fraction of sp³-hybridized carbons (Fsp3) is 0.619. The van der Waals surface area contributed by atoms with Crippen LogP contribution in [0.3, 0.4) is 0 Å².